The molecular formula is C26H36N2O5S2. The third-order valence-electron chi connectivity index (χ3n) is 5.77. The van der Waals surface area contributed by atoms with E-state index in [0.29, 0.717) is 29.2 Å². The second-order valence-electron chi connectivity index (χ2n) is 9.72. The van der Waals surface area contributed by atoms with Crippen LogP contribution in [0.4, 0.5) is 5.00 Å². The monoisotopic (exact) mass is 520 g/mol. The van der Waals surface area contributed by atoms with Crippen LogP contribution < -0.4 is 5.32 Å². The Bertz CT molecular complexity index is 1140. The second-order valence-corrected chi connectivity index (χ2v) is 12.8. The van der Waals surface area contributed by atoms with E-state index in [0.717, 1.165) is 36.1 Å². The van der Waals surface area contributed by atoms with Gasteiger partial charge in [0.1, 0.15) is 5.00 Å². The van der Waals surface area contributed by atoms with Gasteiger partial charge in [0, 0.05) is 23.5 Å². The number of hydrogen-bond acceptors (Lipinski definition) is 6. The molecule has 0 bridgehead atoms. The lowest BCUT2D eigenvalue weighted by Gasteiger charge is -2.25. The number of hydrogen-bond donors (Lipinski definition) is 1. The Kier molecular flexibility index (Phi) is 9.12. The van der Waals surface area contributed by atoms with Crippen LogP contribution in [-0.4, -0.2) is 44.3 Å². The van der Waals surface area contributed by atoms with Crippen LogP contribution in [0, 0.1) is 11.8 Å². The van der Waals surface area contributed by atoms with Crippen molar-refractivity contribution < 1.29 is 22.7 Å². The number of rotatable bonds is 10. The topological polar surface area (TPSA) is 92.8 Å². The normalized spacial score (nSPS) is 13.8. The van der Waals surface area contributed by atoms with Gasteiger partial charge in [-0.1, -0.05) is 27.7 Å². The SMILES string of the molecule is CCOC(=O)c1c(NC(=O)c2ccc(S(=O)(=O)N(CC(C)C)CC(C)C)cc2)sc2c1CCCC2. The zero-order chi connectivity index (χ0) is 25.8. The van der Waals surface area contributed by atoms with Gasteiger partial charge in [-0.2, -0.15) is 4.31 Å². The molecule has 192 valence electrons. The number of thiophene rings is 1. The van der Waals surface area contributed by atoms with Crippen molar-refractivity contribution in [1.82, 2.24) is 4.31 Å². The molecule has 1 amide bonds. The molecule has 0 spiro atoms. The molecule has 0 aliphatic heterocycles. The molecule has 1 N–H and O–H groups in total. The van der Waals surface area contributed by atoms with Gasteiger partial charge in [0.25, 0.3) is 5.91 Å². The molecule has 0 radical (unpaired) electrons. The maximum atomic E-state index is 13.2. The minimum atomic E-state index is -3.68. The van der Waals surface area contributed by atoms with Gasteiger partial charge >= 0.3 is 5.97 Å². The van der Waals surface area contributed by atoms with Crippen LogP contribution >= 0.6 is 11.3 Å². The predicted octanol–water partition coefficient (Wildman–Crippen LogP) is 5.36. The zero-order valence-corrected chi connectivity index (χ0v) is 22.9. The molecule has 9 heteroatoms. The molecule has 0 unspecified atom stereocenters. The molecule has 1 aromatic carbocycles. The number of anilines is 1. The lowest BCUT2D eigenvalue weighted by Crippen LogP contribution is -2.37. The second kappa shape index (κ2) is 11.7. The number of ether oxygens (including phenoxy) is 1. The van der Waals surface area contributed by atoms with Gasteiger partial charge in [0.2, 0.25) is 10.0 Å². The van der Waals surface area contributed by atoms with Crippen LogP contribution in [0.15, 0.2) is 29.2 Å². The van der Waals surface area contributed by atoms with E-state index in [2.05, 4.69) is 5.32 Å². The Morgan fingerprint density at radius 3 is 2.20 bits per heavy atom. The fourth-order valence-corrected chi connectivity index (χ4v) is 7.30. The Morgan fingerprint density at radius 1 is 1.03 bits per heavy atom. The molecule has 0 saturated carbocycles. The van der Waals surface area contributed by atoms with Crippen molar-refractivity contribution in [1.29, 1.82) is 0 Å². The highest BCUT2D eigenvalue weighted by molar-refractivity contribution is 7.89. The fraction of sp³-hybridized carbons (Fsp3) is 0.538. The number of sulfonamides is 1. The first-order valence-electron chi connectivity index (χ1n) is 12.3. The lowest BCUT2D eigenvalue weighted by molar-refractivity contribution is 0.0526. The molecule has 1 aromatic heterocycles. The highest BCUT2D eigenvalue weighted by Gasteiger charge is 2.28. The van der Waals surface area contributed by atoms with Gasteiger partial charge in [-0.15, -0.1) is 11.3 Å². The van der Waals surface area contributed by atoms with E-state index < -0.39 is 16.0 Å². The summed E-state index contributed by atoms with van der Waals surface area (Å²) >= 11 is 1.43. The minimum absolute atomic E-state index is 0.161. The summed E-state index contributed by atoms with van der Waals surface area (Å²) in [4.78, 5) is 27.0. The molecule has 3 rings (SSSR count). The van der Waals surface area contributed by atoms with Crippen molar-refractivity contribution in [2.75, 3.05) is 25.0 Å². The Labute approximate surface area is 212 Å². The third-order valence-corrected chi connectivity index (χ3v) is 8.82. The summed E-state index contributed by atoms with van der Waals surface area (Å²) in [6.07, 6.45) is 3.75. The van der Waals surface area contributed by atoms with E-state index in [-0.39, 0.29) is 29.2 Å². The molecule has 0 saturated heterocycles. The fourth-order valence-electron chi connectivity index (χ4n) is 4.26. The van der Waals surface area contributed by atoms with Crippen LogP contribution in [0.1, 0.15) is 78.6 Å². The number of carbonyl (C=O) groups is 2. The molecule has 1 aliphatic rings. The summed E-state index contributed by atoms with van der Waals surface area (Å²) < 4.78 is 33.3. The van der Waals surface area contributed by atoms with Crippen molar-refractivity contribution in [3.63, 3.8) is 0 Å². The summed E-state index contributed by atoms with van der Waals surface area (Å²) in [5.41, 5.74) is 1.76. The number of carbonyl (C=O) groups excluding carboxylic acids is 2. The standard InChI is InChI=1S/C26H36N2O5S2/c1-6-33-26(30)23-21-9-7-8-10-22(21)34-25(23)27-24(29)19-11-13-20(14-12-19)35(31,32)28(15-17(2)3)16-18(4)5/h11-14,17-18H,6-10,15-16H2,1-5H3,(H,27,29). The molecule has 0 atom stereocenters. The maximum Gasteiger partial charge on any atom is 0.341 e. The van der Waals surface area contributed by atoms with Crippen molar-refractivity contribution in [3.8, 4) is 0 Å². The van der Waals surface area contributed by atoms with E-state index in [1.54, 1.807) is 6.92 Å². The van der Waals surface area contributed by atoms with Crippen molar-refractivity contribution in [2.24, 2.45) is 11.8 Å². The largest absolute Gasteiger partial charge is 0.462 e. The van der Waals surface area contributed by atoms with Crippen molar-refractivity contribution >= 4 is 38.2 Å². The zero-order valence-electron chi connectivity index (χ0n) is 21.2. The van der Waals surface area contributed by atoms with Crippen LogP contribution in [-0.2, 0) is 27.6 Å². The molecule has 1 heterocycles. The quantitative estimate of drug-likeness (QED) is 0.426. The number of fused-ring (bicyclic) bond motifs is 1. The summed E-state index contributed by atoms with van der Waals surface area (Å²) in [6.45, 7) is 10.8. The van der Waals surface area contributed by atoms with E-state index in [1.807, 2.05) is 27.7 Å². The molecule has 2 aromatic rings. The first-order chi connectivity index (χ1) is 16.5. The highest BCUT2D eigenvalue weighted by Crippen LogP contribution is 2.38. The lowest BCUT2D eigenvalue weighted by atomic mass is 9.95. The van der Waals surface area contributed by atoms with Crippen LogP contribution in [0.5, 0.6) is 0 Å². The average Bonchev–Trinajstić information content (AvgIpc) is 3.16. The first kappa shape index (κ1) is 27.4. The number of esters is 1. The number of benzene rings is 1. The van der Waals surface area contributed by atoms with Gasteiger partial charge in [-0.25, -0.2) is 13.2 Å². The van der Waals surface area contributed by atoms with Crippen LogP contribution in [0.2, 0.25) is 0 Å². The maximum absolute atomic E-state index is 13.2. The van der Waals surface area contributed by atoms with Crippen molar-refractivity contribution in [2.45, 2.75) is 65.2 Å². The van der Waals surface area contributed by atoms with Gasteiger partial charge < -0.3 is 10.1 Å². The first-order valence-corrected chi connectivity index (χ1v) is 14.5. The Hall–Kier alpha value is -2.23. The Balaban J connectivity index is 1.83. The number of aryl methyl sites for hydroxylation is 1. The third kappa shape index (κ3) is 6.51. The van der Waals surface area contributed by atoms with Gasteiger partial charge in [-0.3, -0.25) is 4.79 Å². The van der Waals surface area contributed by atoms with Gasteiger partial charge in [0.15, 0.2) is 0 Å². The van der Waals surface area contributed by atoms with Crippen LogP contribution in [0.25, 0.3) is 0 Å². The van der Waals surface area contributed by atoms with Crippen LogP contribution in [0.3, 0.4) is 0 Å². The van der Waals surface area contributed by atoms with E-state index >= 15 is 0 Å². The molecule has 7 nitrogen and oxygen atoms in total. The minimum Gasteiger partial charge on any atom is -0.462 e. The van der Waals surface area contributed by atoms with E-state index in [1.165, 1.54) is 39.9 Å². The number of nitrogens with one attached hydrogen (secondary N) is 1. The Morgan fingerprint density at radius 2 is 1.63 bits per heavy atom. The highest BCUT2D eigenvalue weighted by atomic mass is 32.2. The molecule has 35 heavy (non-hydrogen) atoms. The van der Waals surface area contributed by atoms with Crippen molar-refractivity contribution in [3.05, 3.63) is 45.8 Å². The molecular weight excluding hydrogens is 484 g/mol. The van der Waals surface area contributed by atoms with Gasteiger partial charge in [0.05, 0.1) is 17.1 Å². The predicted molar refractivity (Wildman–Crippen MR) is 140 cm³/mol. The number of nitrogens with zero attached hydrogens (tertiary/aromatic N) is 1. The summed E-state index contributed by atoms with van der Waals surface area (Å²) in [5, 5.41) is 3.37. The number of amides is 1. The summed E-state index contributed by atoms with van der Waals surface area (Å²) in [7, 11) is -3.68. The molecule has 0 fully saturated rings. The summed E-state index contributed by atoms with van der Waals surface area (Å²) in [5.74, 6) is -0.420. The van der Waals surface area contributed by atoms with E-state index in [9.17, 15) is 18.0 Å². The smallest absolute Gasteiger partial charge is 0.341 e. The molecule has 1 aliphatic carbocycles. The summed E-state index contributed by atoms with van der Waals surface area (Å²) in [6, 6.07) is 5.98. The van der Waals surface area contributed by atoms with E-state index in [4.69, 9.17) is 4.74 Å². The average molecular weight is 521 g/mol. The van der Waals surface area contributed by atoms with Gasteiger partial charge in [-0.05, 0) is 74.3 Å².